The molecule has 0 bridgehead atoms. The Morgan fingerprint density at radius 1 is 1.36 bits per heavy atom. The number of aryl methyl sites for hydroxylation is 2. The summed E-state index contributed by atoms with van der Waals surface area (Å²) < 4.78 is 27.2. The third-order valence-electron chi connectivity index (χ3n) is 4.76. The Morgan fingerprint density at radius 2 is 2.14 bits per heavy atom. The zero-order chi connectivity index (χ0) is 19.9. The number of anilines is 1. The molecule has 28 heavy (non-hydrogen) atoms. The summed E-state index contributed by atoms with van der Waals surface area (Å²) in [6, 6.07) is 9.35. The van der Waals surface area contributed by atoms with Crippen molar-refractivity contribution < 1.29 is 13.2 Å². The molecule has 0 radical (unpaired) electrons. The molecular formula is C18H21N5O3S2. The Labute approximate surface area is 167 Å². The minimum Gasteiger partial charge on any atom is -0.322 e. The van der Waals surface area contributed by atoms with Crippen LogP contribution in [-0.2, 0) is 21.7 Å². The van der Waals surface area contributed by atoms with Gasteiger partial charge in [0.25, 0.3) is 0 Å². The van der Waals surface area contributed by atoms with E-state index in [9.17, 15) is 13.2 Å². The largest absolute Gasteiger partial charge is 0.322 e. The molecule has 0 aliphatic carbocycles. The Hall–Kier alpha value is -2.33. The number of hydrogen-bond donors (Lipinski definition) is 1. The number of carbonyl (C=O) groups excluding carboxylic acids is 1. The van der Waals surface area contributed by atoms with Crippen molar-refractivity contribution >= 4 is 44.4 Å². The average Bonchev–Trinajstić information content (AvgIpc) is 3.29. The van der Waals surface area contributed by atoms with Gasteiger partial charge in [-0.3, -0.25) is 4.79 Å². The molecule has 0 saturated carbocycles. The van der Waals surface area contributed by atoms with Crippen LogP contribution in [0.25, 0.3) is 11.0 Å². The summed E-state index contributed by atoms with van der Waals surface area (Å²) in [5, 5.41) is 8.02. The van der Waals surface area contributed by atoms with E-state index in [4.69, 9.17) is 0 Å². The first-order chi connectivity index (χ1) is 13.3. The van der Waals surface area contributed by atoms with Crippen LogP contribution in [-0.4, -0.2) is 50.9 Å². The van der Waals surface area contributed by atoms with E-state index in [0.29, 0.717) is 12.2 Å². The highest BCUT2D eigenvalue weighted by Crippen LogP contribution is 2.27. The number of nitrogens with zero attached hydrogens (tertiary/aromatic N) is 4. The van der Waals surface area contributed by atoms with Gasteiger partial charge in [0, 0.05) is 13.1 Å². The standard InChI is InChI=1S/C18H21N5O3S2/c1-12-9-16(23(21-12)13-7-8-28(25,26)11-13)20-17(24)10-27-18-19-14-5-3-4-6-15(14)22(18)2/h3-6,9,13H,7-8,10-11H2,1-2H3,(H,20,24). The second kappa shape index (κ2) is 7.25. The fourth-order valence-electron chi connectivity index (χ4n) is 3.42. The van der Waals surface area contributed by atoms with Gasteiger partial charge in [-0.1, -0.05) is 23.9 Å². The number of hydrogen-bond acceptors (Lipinski definition) is 6. The molecule has 1 atom stereocenters. The highest BCUT2D eigenvalue weighted by molar-refractivity contribution is 7.99. The van der Waals surface area contributed by atoms with Crippen molar-refractivity contribution in [1.29, 1.82) is 0 Å². The van der Waals surface area contributed by atoms with Crippen LogP contribution in [0.4, 0.5) is 5.82 Å². The fraction of sp³-hybridized carbons (Fsp3) is 0.389. The maximum atomic E-state index is 12.5. The Bertz CT molecular complexity index is 1150. The van der Waals surface area contributed by atoms with Gasteiger partial charge in [0.15, 0.2) is 15.0 Å². The molecule has 1 aromatic carbocycles. The van der Waals surface area contributed by atoms with E-state index in [0.717, 1.165) is 21.9 Å². The number of benzene rings is 1. The number of amides is 1. The lowest BCUT2D eigenvalue weighted by atomic mass is 10.3. The van der Waals surface area contributed by atoms with E-state index in [2.05, 4.69) is 15.4 Å². The van der Waals surface area contributed by atoms with Crippen molar-refractivity contribution in [3.8, 4) is 0 Å². The third-order valence-corrected chi connectivity index (χ3v) is 7.54. The molecule has 3 heterocycles. The first-order valence-corrected chi connectivity index (χ1v) is 11.7. The van der Waals surface area contributed by atoms with Gasteiger partial charge in [-0.25, -0.2) is 18.1 Å². The molecule has 3 aromatic rings. The summed E-state index contributed by atoms with van der Waals surface area (Å²) >= 11 is 1.36. The molecule has 1 N–H and O–H groups in total. The Kier molecular flexibility index (Phi) is 4.92. The molecule has 4 rings (SSSR count). The van der Waals surface area contributed by atoms with Crippen molar-refractivity contribution in [3.05, 3.63) is 36.0 Å². The van der Waals surface area contributed by atoms with E-state index in [1.54, 1.807) is 10.7 Å². The molecule has 2 aromatic heterocycles. The number of thioether (sulfide) groups is 1. The molecule has 10 heteroatoms. The van der Waals surface area contributed by atoms with Gasteiger partial charge in [-0.2, -0.15) is 5.10 Å². The Balaban J connectivity index is 1.45. The van der Waals surface area contributed by atoms with E-state index >= 15 is 0 Å². The summed E-state index contributed by atoms with van der Waals surface area (Å²) in [7, 11) is -1.11. The maximum absolute atomic E-state index is 12.5. The molecule has 8 nitrogen and oxygen atoms in total. The maximum Gasteiger partial charge on any atom is 0.235 e. The minimum absolute atomic E-state index is 0.0611. The van der Waals surface area contributed by atoms with Gasteiger partial charge in [0.2, 0.25) is 5.91 Å². The van der Waals surface area contributed by atoms with Crippen LogP contribution < -0.4 is 5.32 Å². The number of nitrogens with one attached hydrogen (secondary N) is 1. The average molecular weight is 420 g/mol. The highest BCUT2D eigenvalue weighted by atomic mass is 32.2. The number of imidazole rings is 1. The summed E-state index contributed by atoms with van der Waals surface area (Å²) in [5.41, 5.74) is 2.65. The van der Waals surface area contributed by atoms with Crippen LogP contribution in [0.1, 0.15) is 18.2 Å². The van der Waals surface area contributed by atoms with Crippen LogP contribution in [0.3, 0.4) is 0 Å². The molecular weight excluding hydrogens is 398 g/mol. The zero-order valence-electron chi connectivity index (χ0n) is 15.6. The second-order valence-corrected chi connectivity index (χ2v) is 10.1. The fourth-order valence-corrected chi connectivity index (χ4v) is 5.90. The highest BCUT2D eigenvalue weighted by Gasteiger charge is 2.31. The van der Waals surface area contributed by atoms with Gasteiger partial charge >= 0.3 is 0 Å². The predicted molar refractivity (Wildman–Crippen MR) is 109 cm³/mol. The first-order valence-electron chi connectivity index (χ1n) is 8.93. The molecule has 1 amide bonds. The SMILES string of the molecule is Cc1cc(NC(=O)CSc2nc3ccccc3n2C)n(C2CCS(=O)(=O)C2)n1. The third kappa shape index (κ3) is 3.79. The molecule has 0 spiro atoms. The van der Waals surface area contributed by atoms with Gasteiger partial charge in [0.05, 0.1) is 40.0 Å². The molecule has 148 valence electrons. The van der Waals surface area contributed by atoms with Gasteiger partial charge in [-0.05, 0) is 25.5 Å². The molecule has 1 unspecified atom stereocenters. The number of para-hydroxylation sites is 2. The normalized spacial score (nSPS) is 18.6. The number of carbonyl (C=O) groups is 1. The smallest absolute Gasteiger partial charge is 0.235 e. The van der Waals surface area contributed by atoms with Crippen molar-refractivity contribution in [3.63, 3.8) is 0 Å². The van der Waals surface area contributed by atoms with Crippen LogP contribution in [0.15, 0.2) is 35.5 Å². The zero-order valence-corrected chi connectivity index (χ0v) is 17.3. The van der Waals surface area contributed by atoms with Gasteiger partial charge in [0.1, 0.15) is 5.82 Å². The number of sulfone groups is 1. The molecule has 1 fully saturated rings. The van der Waals surface area contributed by atoms with Crippen molar-refractivity contribution in [1.82, 2.24) is 19.3 Å². The van der Waals surface area contributed by atoms with E-state index in [1.165, 1.54) is 11.8 Å². The van der Waals surface area contributed by atoms with E-state index < -0.39 is 9.84 Å². The number of fused-ring (bicyclic) bond motifs is 1. The van der Waals surface area contributed by atoms with Crippen LogP contribution in [0, 0.1) is 6.92 Å². The van der Waals surface area contributed by atoms with Crippen LogP contribution in [0.2, 0.25) is 0 Å². The summed E-state index contributed by atoms with van der Waals surface area (Å²) in [4.78, 5) is 17.0. The van der Waals surface area contributed by atoms with Crippen molar-refractivity contribution in [2.24, 2.45) is 7.05 Å². The number of aromatic nitrogens is 4. The topological polar surface area (TPSA) is 98.9 Å². The molecule has 1 aliphatic rings. The lowest BCUT2D eigenvalue weighted by Crippen LogP contribution is -2.20. The van der Waals surface area contributed by atoms with Crippen LogP contribution >= 0.6 is 11.8 Å². The summed E-state index contributed by atoms with van der Waals surface area (Å²) in [6.07, 6.45) is 0.515. The first kappa shape index (κ1) is 19.0. The van der Waals surface area contributed by atoms with E-state index in [1.807, 2.05) is 42.8 Å². The monoisotopic (exact) mass is 419 g/mol. The van der Waals surface area contributed by atoms with E-state index in [-0.39, 0.29) is 29.2 Å². The number of rotatable bonds is 5. The van der Waals surface area contributed by atoms with Gasteiger partial charge < -0.3 is 9.88 Å². The van der Waals surface area contributed by atoms with Crippen molar-refractivity contribution in [2.75, 3.05) is 22.6 Å². The summed E-state index contributed by atoms with van der Waals surface area (Å²) in [6.45, 7) is 1.82. The summed E-state index contributed by atoms with van der Waals surface area (Å²) in [5.74, 6) is 0.775. The molecule has 1 aliphatic heterocycles. The van der Waals surface area contributed by atoms with Crippen LogP contribution in [0.5, 0.6) is 0 Å². The lowest BCUT2D eigenvalue weighted by molar-refractivity contribution is -0.113. The minimum atomic E-state index is -3.03. The van der Waals surface area contributed by atoms with Crippen molar-refractivity contribution in [2.45, 2.75) is 24.5 Å². The lowest BCUT2D eigenvalue weighted by Gasteiger charge is -2.13. The quantitative estimate of drug-likeness (QED) is 0.637. The second-order valence-electron chi connectivity index (χ2n) is 6.95. The molecule has 1 saturated heterocycles. The predicted octanol–water partition coefficient (Wildman–Crippen LogP) is 2.17. The van der Waals surface area contributed by atoms with Gasteiger partial charge in [-0.15, -0.1) is 0 Å². The Morgan fingerprint density at radius 3 is 2.86 bits per heavy atom.